The normalized spacial score (nSPS) is 11.8. The van der Waals surface area contributed by atoms with E-state index in [4.69, 9.17) is 4.74 Å². The SMILES string of the molecule is COCCN(Cc1cccnc1)S(=O)(=O)c1ccc(C)cc1Br. The Bertz CT molecular complexity index is 751. The van der Waals surface area contributed by atoms with Gasteiger partial charge in [-0.3, -0.25) is 4.98 Å². The van der Waals surface area contributed by atoms with Gasteiger partial charge in [-0.2, -0.15) is 4.31 Å². The Kier molecular flexibility index (Phi) is 6.29. The molecule has 1 aromatic carbocycles. The molecule has 23 heavy (non-hydrogen) atoms. The van der Waals surface area contributed by atoms with Gasteiger partial charge in [0.2, 0.25) is 10.0 Å². The van der Waals surface area contributed by atoms with Gasteiger partial charge in [0.15, 0.2) is 0 Å². The maximum Gasteiger partial charge on any atom is 0.244 e. The third-order valence-electron chi connectivity index (χ3n) is 3.33. The van der Waals surface area contributed by atoms with Crippen molar-refractivity contribution in [2.75, 3.05) is 20.3 Å². The molecule has 0 saturated heterocycles. The number of halogens is 1. The zero-order valence-corrected chi connectivity index (χ0v) is 15.5. The van der Waals surface area contributed by atoms with Crippen LogP contribution in [0.25, 0.3) is 0 Å². The van der Waals surface area contributed by atoms with Crippen LogP contribution < -0.4 is 0 Å². The molecule has 0 saturated carbocycles. The minimum absolute atomic E-state index is 0.250. The molecule has 0 fully saturated rings. The summed E-state index contributed by atoms with van der Waals surface area (Å²) in [5.74, 6) is 0. The van der Waals surface area contributed by atoms with Gasteiger partial charge in [-0.15, -0.1) is 0 Å². The highest BCUT2D eigenvalue weighted by Crippen LogP contribution is 2.27. The molecular weight excluding hydrogens is 380 g/mol. The molecule has 5 nitrogen and oxygen atoms in total. The molecule has 0 bridgehead atoms. The summed E-state index contributed by atoms with van der Waals surface area (Å²) in [6, 6.07) is 8.85. The number of methoxy groups -OCH3 is 1. The predicted molar refractivity (Wildman–Crippen MR) is 92.6 cm³/mol. The molecule has 0 unspecified atom stereocenters. The first kappa shape index (κ1) is 18.1. The molecule has 2 aromatic rings. The number of pyridine rings is 1. The van der Waals surface area contributed by atoms with E-state index in [1.54, 1.807) is 43.8 Å². The van der Waals surface area contributed by atoms with Crippen LogP contribution >= 0.6 is 15.9 Å². The van der Waals surface area contributed by atoms with E-state index in [1.807, 2.05) is 13.0 Å². The second-order valence-corrected chi connectivity index (χ2v) is 7.89. The molecule has 0 aliphatic carbocycles. The molecule has 0 atom stereocenters. The monoisotopic (exact) mass is 398 g/mol. The van der Waals surface area contributed by atoms with Gasteiger partial charge in [-0.25, -0.2) is 8.42 Å². The summed E-state index contributed by atoms with van der Waals surface area (Å²) < 4.78 is 33.0. The van der Waals surface area contributed by atoms with Crippen molar-refractivity contribution >= 4 is 26.0 Å². The predicted octanol–water partition coefficient (Wildman–Crippen LogP) is 2.99. The van der Waals surface area contributed by atoms with E-state index in [2.05, 4.69) is 20.9 Å². The third kappa shape index (κ3) is 4.60. The van der Waals surface area contributed by atoms with Crippen LogP contribution in [0.5, 0.6) is 0 Å². The molecule has 1 aromatic heterocycles. The van der Waals surface area contributed by atoms with Gasteiger partial charge in [-0.1, -0.05) is 12.1 Å². The minimum Gasteiger partial charge on any atom is -0.383 e. The Hall–Kier alpha value is -1.28. The molecule has 0 N–H and O–H groups in total. The lowest BCUT2D eigenvalue weighted by Crippen LogP contribution is -2.33. The topological polar surface area (TPSA) is 59.5 Å². The van der Waals surface area contributed by atoms with Gasteiger partial charge in [0.05, 0.1) is 11.5 Å². The Balaban J connectivity index is 2.36. The maximum atomic E-state index is 13.0. The maximum absolute atomic E-state index is 13.0. The highest BCUT2D eigenvalue weighted by Gasteiger charge is 2.26. The van der Waals surface area contributed by atoms with Crippen molar-refractivity contribution < 1.29 is 13.2 Å². The molecule has 0 aliphatic rings. The van der Waals surface area contributed by atoms with E-state index < -0.39 is 10.0 Å². The van der Waals surface area contributed by atoms with Crippen LogP contribution in [-0.2, 0) is 21.3 Å². The largest absolute Gasteiger partial charge is 0.383 e. The number of aromatic nitrogens is 1. The van der Waals surface area contributed by atoms with Gasteiger partial charge in [0, 0.05) is 37.1 Å². The molecule has 2 rings (SSSR count). The number of rotatable bonds is 7. The van der Waals surface area contributed by atoms with Crippen LogP contribution in [0.3, 0.4) is 0 Å². The summed E-state index contributed by atoms with van der Waals surface area (Å²) in [4.78, 5) is 4.29. The molecule has 1 heterocycles. The second-order valence-electron chi connectivity index (χ2n) is 5.13. The standard InChI is InChI=1S/C16H19BrN2O3S/c1-13-5-6-16(15(17)10-13)23(20,21)19(8-9-22-2)12-14-4-3-7-18-11-14/h3-7,10-11H,8-9,12H2,1-2H3. The lowest BCUT2D eigenvalue weighted by Gasteiger charge is -2.22. The average molecular weight is 399 g/mol. The summed E-state index contributed by atoms with van der Waals surface area (Å²) in [7, 11) is -2.09. The van der Waals surface area contributed by atoms with E-state index >= 15 is 0 Å². The van der Waals surface area contributed by atoms with E-state index in [1.165, 1.54) is 4.31 Å². The van der Waals surface area contributed by atoms with Gasteiger partial charge in [0.25, 0.3) is 0 Å². The van der Waals surface area contributed by atoms with Gasteiger partial charge >= 0.3 is 0 Å². The molecule has 7 heteroatoms. The number of hydrogen-bond donors (Lipinski definition) is 0. The quantitative estimate of drug-likeness (QED) is 0.718. The van der Waals surface area contributed by atoms with Crippen LogP contribution in [0.4, 0.5) is 0 Å². The summed E-state index contributed by atoms with van der Waals surface area (Å²) in [6.45, 7) is 2.76. The van der Waals surface area contributed by atoms with Crippen LogP contribution in [-0.4, -0.2) is 38.0 Å². The number of hydrogen-bond acceptors (Lipinski definition) is 4. The van der Waals surface area contributed by atoms with Crippen molar-refractivity contribution in [3.05, 3.63) is 58.3 Å². The molecule has 0 aliphatic heterocycles. The average Bonchev–Trinajstić information content (AvgIpc) is 2.52. The number of aryl methyl sites for hydroxylation is 1. The Morgan fingerprint density at radius 1 is 1.30 bits per heavy atom. The minimum atomic E-state index is -3.64. The molecule has 0 radical (unpaired) electrons. The van der Waals surface area contributed by atoms with Crippen molar-refractivity contribution in [3.8, 4) is 0 Å². The number of ether oxygens (including phenoxy) is 1. The van der Waals surface area contributed by atoms with Crippen LogP contribution in [0.1, 0.15) is 11.1 Å². The highest BCUT2D eigenvalue weighted by molar-refractivity contribution is 9.10. The van der Waals surface area contributed by atoms with E-state index in [0.717, 1.165) is 11.1 Å². The summed E-state index contributed by atoms with van der Waals surface area (Å²) in [6.07, 6.45) is 3.33. The Morgan fingerprint density at radius 3 is 2.70 bits per heavy atom. The fraction of sp³-hybridized carbons (Fsp3) is 0.312. The van der Waals surface area contributed by atoms with Crippen molar-refractivity contribution in [2.24, 2.45) is 0 Å². The zero-order chi connectivity index (χ0) is 16.9. The first-order valence-electron chi connectivity index (χ1n) is 7.09. The van der Waals surface area contributed by atoms with Crippen LogP contribution in [0.15, 0.2) is 52.1 Å². The van der Waals surface area contributed by atoms with E-state index in [9.17, 15) is 8.42 Å². The van der Waals surface area contributed by atoms with Crippen molar-refractivity contribution in [1.82, 2.24) is 9.29 Å². The number of sulfonamides is 1. The third-order valence-corrected chi connectivity index (χ3v) is 6.15. The lowest BCUT2D eigenvalue weighted by atomic mass is 10.2. The zero-order valence-electron chi connectivity index (χ0n) is 13.1. The second kappa shape index (κ2) is 8.01. The molecule has 0 amide bonds. The first-order chi connectivity index (χ1) is 10.9. The number of benzene rings is 1. The highest BCUT2D eigenvalue weighted by atomic mass is 79.9. The summed E-state index contributed by atoms with van der Waals surface area (Å²) in [5.41, 5.74) is 1.82. The molecular formula is C16H19BrN2O3S. The lowest BCUT2D eigenvalue weighted by molar-refractivity contribution is 0.177. The van der Waals surface area contributed by atoms with Crippen molar-refractivity contribution in [1.29, 1.82) is 0 Å². The molecule has 0 spiro atoms. The van der Waals surface area contributed by atoms with Gasteiger partial charge in [0.1, 0.15) is 0 Å². The van der Waals surface area contributed by atoms with E-state index in [0.29, 0.717) is 11.1 Å². The van der Waals surface area contributed by atoms with Crippen molar-refractivity contribution in [2.45, 2.75) is 18.4 Å². The number of nitrogens with zero attached hydrogens (tertiary/aromatic N) is 2. The summed E-state index contributed by atoms with van der Waals surface area (Å²) in [5, 5.41) is 0. The van der Waals surface area contributed by atoms with Gasteiger partial charge < -0.3 is 4.74 Å². The fourth-order valence-electron chi connectivity index (χ4n) is 2.13. The van der Waals surface area contributed by atoms with Crippen LogP contribution in [0, 0.1) is 6.92 Å². The molecule has 124 valence electrons. The first-order valence-corrected chi connectivity index (χ1v) is 9.32. The summed E-state index contributed by atoms with van der Waals surface area (Å²) >= 11 is 3.36. The Morgan fingerprint density at radius 2 is 2.09 bits per heavy atom. The fourth-order valence-corrected chi connectivity index (χ4v) is 4.69. The Labute approximate surface area is 145 Å². The van der Waals surface area contributed by atoms with Crippen LogP contribution in [0.2, 0.25) is 0 Å². The van der Waals surface area contributed by atoms with Crippen molar-refractivity contribution in [3.63, 3.8) is 0 Å². The van der Waals surface area contributed by atoms with Gasteiger partial charge in [-0.05, 0) is 52.2 Å². The van der Waals surface area contributed by atoms with E-state index in [-0.39, 0.29) is 18.0 Å². The smallest absolute Gasteiger partial charge is 0.244 e.